The molecule has 0 unspecified atom stereocenters. The first-order valence-corrected chi connectivity index (χ1v) is 5.74. The SMILES string of the molecule is Nc1nnc(Nc2ccc(Br)cc2)cc1C(=O)O. The second kappa shape index (κ2) is 5.01. The molecule has 0 atom stereocenters. The lowest BCUT2D eigenvalue weighted by molar-refractivity contribution is 0.0697. The summed E-state index contributed by atoms with van der Waals surface area (Å²) in [4.78, 5) is 10.9. The first kappa shape index (κ1) is 12.3. The molecule has 0 fully saturated rings. The number of hydrogen-bond donors (Lipinski definition) is 3. The molecule has 1 aromatic carbocycles. The number of aromatic nitrogens is 2. The number of nitrogens with one attached hydrogen (secondary N) is 1. The third-order valence-corrected chi connectivity index (χ3v) is 2.70. The molecular weight excluding hydrogens is 300 g/mol. The fourth-order valence-corrected chi connectivity index (χ4v) is 1.58. The van der Waals surface area contributed by atoms with E-state index in [1.165, 1.54) is 6.07 Å². The van der Waals surface area contributed by atoms with E-state index in [9.17, 15) is 4.79 Å². The van der Waals surface area contributed by atoms with Crippen molar-refractivity contribution in [1.82, 2.24) is 10.2 Å². The Morgan fingerprint density at radius 2 is 1.94 bits per heavy atom. The molecule has 6 nitrogen and oxygen atoms in total. The number of carboxylic acid groups (broad SMARTS) is 1. The van der Waals surface area contributed by atoms with Gasteiger partial charge in [0, 0.05) is 16.2 Å². The van der Waals surface area contributed by atoms with E-state index in [4.69, 9.17) is 10.8 Å². The number of anilines is 3. The van der Waals surface area contributed by atoms with Crippen LogP contribution in [0.25, 0.3) is 0 Å². The lowest BCUT2D eigenvalue weighted by Gasteiger charge is -2.06. The quantitative estimate of drug-likeness (QED) is 0.804. The van der Waals surface area contributed by atoms with Crippen LogP contribution in [-0.4, -0.2) is 21.3 Å². The summed E-state index contributed by atoms with van der Waals surface area (Å²) in [5.74, 6) is -0.922. The zero-order valence-electron chi connectivity index (χ0n) is 9.09. The second-order valence-corrected chi connectivity index (χ2v) is 4.38. The van der Waals surface area contributed by atoms with Gasteiger partial charge in [-0.1, -0.05) is 15.9 Å². The molecule has 2 rings (SSSR count). The molecular formula is C11H9BrN4O2. The summed E-state index contributed by atoms with van der Waals surface area (Å²) >= 11 is 3.32. The van der Waals surface area contributed by atoms with E-state index in [1.807, 2.05) is 24.3 Å². The summed E-state index contributed by atoms with van der Waals surface area (Å²) in [6, 6.07) is 8.69. The van der Waals surface area contributed by atoms with Gasteiger partial charge in [-0.05, 0) is 24.3 Å². The Balaban J connectivity index is 2.27. The number of rotatable bonds is 3. The maximum absolute atomic E-state index is 10.9. The molecule has 0 saturated heterocycles. The van der Waals surface area contributed by atoms with Gasteiger partial charge >= 0.3 is 5.97 Å². The van der Waals surface area contributed by atoms with Gasteiger partial charge in [0.05, 0.1) is 0 Å². The van der Waals surface area contributed by atoms with Crippen LogP contribution in [0.2, 0.25) is 0 Å². The van der Waals surface area contributed by atoms with Crippen LogP contribution in [0.1, 0.15) is 10.4 Å². The molecule has 0 bridgehead atoms. The molecule has 0 saturated carbocycles. The average molecular weight is 309 g/mol. The number of hydrogen-bond acceptors (Lipinski definition) is 5. The fraction of sp³-hybridized carbons (Fsp3) is 0. The molecule has 0 aliphatic rings. The molecule has 4 N–H and O–H groups in total. The van der Waals surface area contributed by atoms with Gasteiger partial charge in [-0.25, -0.2) is 4.79 Å². The van der Waals surface area contributed by atoms with Gasteiger partial charge in [-0.3, -0.25) is 0 Å². The normalized spacial score (nSPS) is 10.1. The van der Waals surface area contributed by atoms with Crippen molar-refractivity contribution in [3.05, 3.63) is 40.4 Å². The number of nitrogens with two attached hydrogens (primary N) is 1. The molecule has 1 heterocycles. The molecule has 2 aromatic rings. The molecule has 92 valence electrons. The number of nitrogens with zero attached hydrogens (tertiary/aromatic N) is 2. The monoisotopic (exact) mass is 308 g/mol. The van der Waals surface area contributed by atoms with E-state index in [2.05, 4.69) is 31.4 Å². The Labute approximate surface area is 111 Å². The third kappa shape index (κ3) is 2.75. The van der Waals surface area contributed by atoms with Gasteiger partial charge < -0.3 is 16.2 Å². The van der Waals surface area contributed by atoms with Crippen molar-refractivity contribution in [3.63, 3.8) is 0 Å². The summed E-state index contributed by atoms with van der Waals surface area (Å²) in [7, 11) is 0. The van der Waals surface area contributed by atoms with Gasteiger partial charge in [0.15, 0.2) is 11.6 Å². The number of carbonyl (C=O) groups is 1. The number of carboxylic acids is 1. The first-order chi connectivity index (χ1) is 8.56. The molecule has 18 heavy (non-hydrogen) atoms. The van der Waals surface area contributed by atoms with Crippen LogP contribution in [-0.2, 0) is 0 Å². The van der Waals surface area contributed by atoms with Crippen molar-refractivity contribution in [2.75, 3.05) is 11.1 Å². The minimum absolute atomic E-state index is 0.0791. The van der Waals surface area contributed by atoms with Crippen molar-refractivity contribution in [3.8, 4) is 0 Å². The lowest BCUT2D eigenvalue weighted by Crippen LogP contribution is -2.07. The van der Waals surface area contributed by atoms with Crippen LogP contribution < -0.4 is 11.1 Å². The van der Waals surface area contributed by atoms with Gasteiger partial charge in [-0.15, -0.1) is 10.2 Å². The molecule has 1 aromatic heterocycles. The third-order valence-electron chi connectivity index (χ3n) is 2.17. The maximum Gasteiger partial charge on any atom is 0.339 e. The highest BCUT2D eigenvalue weighted by Crippen LogP contribution is 2.19. The van der Waals surface area contributed by atoms with Crippen molar-refractivity contribution in [2.45, 2.75) is 0 Å². The topological polar surface area (TPSA) is 101 Å². The second-order valence-electron chi connectivity index (χ2n) is 3.47. The lowest BCUT2D eigenvalue weighted by atomic mass is 10.2. The average Bonchev–Trinajstić information content (AvgIpc) is 2.34. The van der Waals surface area contributed by atoms with E-state index in [1.54, 1.807) is 0 Å². The minimum atomic E-state index is -1.14. The molecule has 0 radical (unpaired) electrons. The zero-order chi connectivity index (χ0) is 13.1. The van der Waals surface area contributed by atoms with Gasteiger partial charge in [0.1, 0.15) is 5.56 Å². The van der Waals surface area contributed by atoms with Gasteiger partial charge in [-0.2, -0.15) is 0 Å². The van der Waals surface area contributed by atoms with Crippen LogP contribution in [0.4, 0.5) is 17.3 Å². The van der Waals surface area contributed by atoms with Crippen LogP contribution >= 0.6 is 15.9 Å². The summed E-state index contributed by atoms with van der Waals surface area (Å²) < 4.78 is 0.947. The Bertz CT molecular complexity index is 586. The Morgan fingerprint density at radius 3 is 2.56 bits per heavy atom. The molecule has 0 aliphatic carbocycles. The predicted molar refractivity (Wildman–Crippen MR) is 70.8 cm³/mol. The maximum atomic E-state index is 10.9. The Morgan fingerprint density at radius 1 is 1.28 bits per heavy atom. The summed E-state index contributed by atoms with van der Waals surface area (Å²) in [5, 5.41) is 19.2. The van der Waals surface area contributed by atoms with Gasteiger partial charge in [0.2, 0.25) is 0 Å². The number of benzene rings is 1. The van der Waals surface area contributed by atoms with E-state index in [0.29, 0.717) is 5.82 Å². The molecule has 0 spiro atoms. The van der Waals surface area contributed by atoms with E-state index in [-0.39, 0.29) is 11.4 Å². The van der Waals surface area contributed by atoms with Gasteiger partial charge in [0.25, 0.3) is 0 Å². The van der Waals surface area contributed by atoms with Crippen molar-refractivity contribution < 1.29 is 9.90 Å². The minimum Gasteiger partial charge on any atom is -0.478 e. The molecule has 0 aliphatic heterocycles. The summed E-state index contributed by atoms with van der Waals surface area (Å²) in [5.41, 5.74) is 6.11. The van der Waals surface area contributed by atoms with Crippen LogP contribution in [0, 0.1) is 0 Å². The number of aromatic carboxylic acids is 1. The smallest absolute Gasteiger partial charge is 0.339 e. The standard InChI is InChI=1S/C11H9BrN4O2/c12-6-1-3-7(4-2-6)14-9-5-8(11(17)18)10(13)16-15-9/h1-5H,(H2,13,16)(H,14,15)(H,17,18). The zero-order valence-corrected chi connectivity index (χ0v) is 10.7. The summed E-state index contributed by atoms with van der Waals surface area (Å²) in [6.07, 6.45) is 0. The molecule has 7 heteroatoms. The van der Waals surface area contributed by atoms with Crippen LogP contribution in [0.5, 0.6) is 0 Å². The Kier molecular flexibility index (Phi) is 3.42. The van der Waals surface area contributed by atoms with E-state index < -0.39 is 5.97 Å². The Hall–Kier alpha value is -2.15. The molecule has 0 amide bonds. The highest BCUT2D eigenvalue weighted by Gasteiger charge is 2.11. The predicted octanol–water partition coefficient (Wildman–Crippen LogP) is 2.26. The number of halogens is 1. The van der Waals surface area contributed by atoms with Crippen molar-refractivity contribution >= 4 is 39.2 Å². The number of nitrogen functional groups attached to an aromatic ring is 1. The largest absolute Gasteiger partial charge is 0.478 e. The van der Waals surface area contributed by atoms with Crippen molar-refractivity contribution in [2.24, 2.45) is 0 Å². The summed E-state index contributed by atoms with van der Waals surface area (Å²) in [6.45, 7) is 0. The van der Waals surface area contributed by atoms with E-state index in [0.717, 1.165) is 10.2 Å². The highest BCUT2D eigenvalue weighted by atomic mass is 79.9. The van der Waals surface area contributed by atoms with Crippen LogP contribution in [0.3, 0.4) is 0 Å². The van der Waals surface area contributed by atoms with Crippen molar-refractivity contribution in [1.29, 1.82) is 0 Å². The first-order valence-electron chi connectivity index (χ1n) is 4.95. The van der Waals surface area contributed by atoms with E-state index >= 15 is 0 Å². The van der Waals surface area contributed by atoms with Crippen LogP contribution in [0.15, 0.2) is 34.8 Å². The fourth-order valence-electron chi connectivity index (χ4n) is 1.31. The highest BCUT2D eigenvalue weighted by molar-refractivity contribution is 9.10.